The van der Waals surface area contributed by atoms with Crippen molar-refractivity contribution in [2.24, 2.45) is 0 Å². The Morgan fingerprint density at radius 1 is 1.00 bits per heavy atom. The zero-order valence-electron chi connectivity index (χ0n) is 14.5. The summed E-state index contributed by atoms with van der Waals surface area (Å²) in [4.78, 5) is 24.4. The molecule has 0 saturated heterocycles. The lowest BCUT2D eigenvalue weighted by Gasteiger charge is -2.14. The molecule has 25 heavy (non-hydrogen) atoms. The first-order valence-corrected chi connectivity index (χ1v) is 8.37. The molecule has 130 valence electrons. The molecule has 0 aliphatic heterocycles. The van der Waals surface area contributed by atoms with Gasteiger partial charge in [0.15, 0.2) is 0 Å². The van der Waals surface area contributed by atoms with Crippen molar-refractivity contribution in [2.75, 3.05) is 6.61 Å². The summed E-state index contributed by atoms with van der Waals surface area (Å²) >= 11 is 0. The highest BCUT2D eigenvalue weighted by molar-refractivity contribution is 5.94. The predicted molar refractivity (Wildman–Crippen MR) is 98.3 cm³/mol. The van der Waals surface area contributed by atoms with E-state index in [0.29, 0.717) is 12.2 Å². The Morgan fingerprint density at radius 2 is 1.60 bits per heavy atom. The number of amides is 1. The molecule has 0 aliphatic rings. The number of hydrogen-bond donors (Lipinski definition) is 1. The number of nitrogens with one attached hydrogen (secondary N) is 1. The Hall–Kier alpha value is -2.88. The van der Waals surface area contributed by atoms with E-state index in [2.05, 4.69) is 5.32 Å². The number of carbonyl (C=O) groups excluding carboxylic acids is 2. The Morgan fingerprint density at radius 3 is 2.20 bits per heavy atom. The number of ether oxygens (including phenoxy) is 1. The zero-order valence-corrected chi connectivity index (χ0v) is 14.5. The van der Waals surface area contributed by atoms with E-state index in [4.69, 9.17) is 4.74 Å². The van der Waals surface area contributed by atoms with Gasteiger partial charge in [0.1, 0.15) is 0 Å². The van der Waals surface area contributed by atoms with Gasteiger partial charge in [-0.25, -0.2) is 0 Å². The third-order valence-electron chi connectivity index (χ3n) is 3.69. The Balaban J connectivity index is 2.07. The van der Waals surface area contributed by atoms with Crippen molar-refractivity contribution in [3.8, 4) is 0 Å². The molecule has 2 rings (SSSR count). The van der Waals surface area contributed by atoms with Crippen molar-refractivity contribution in [1.29, 1.82) is 0 Å². The minimum Gasteiger partial charge on any atom is -0.465 e. The van der Waals surface area contributed by atoms with Gasteiger partial charge >= 0.3 is 5.97 Å². The first kappa shape index (κ1) is 18.5. The molecule has 0 unspecified atom stereocenters. The van der Waals surface area contributed by atoms with Crippen LogP contribution in [-0.2, 0) is 9.53 Å². The van der Waals surface area contributed by atoms with Crippen LogP contribution < -0.4 is 5.32 Å². The summed E-state index contributed by atoms with van der Waals surface area (Å²) in [6.45, 7) is 3.98. The maximum Gasteiger partial charge on any atom is 0.317 e. The average molecular weight is 337 g/mol. The first-order valence-electron chi connectivity index (χ1n) is 8.37. The van der Waals surface area contributed by atoms with Crippen LogP contribution in [0.15, 0.2) is 72.8 Å². The second-order valence-electron chi connectivity index (χ2n) is 5.65. The standard InChI is InChI=1S/C21H23NO3/c1-3-25-21(24)19(17-10-6-4-7-11-17)15-14-16(2)22-20(23)18-12-8-5-9-13-18/h4-16,19H,3H2,1-2H3,(H,22,23)/b15-14+/t16-,19+/m1/s1. The first-order chi connectivity index (χ1) is 12.1. The lowest BCUT2D eigenvalue weighted by Crippen LogP contribution is -2.31. The minimum absolute atomic E-state index is 0.148. The van der Waals surface area contributed by atoms with Crippen LogP contribution in [0.2, 0.25) is 0 Å². The number of esters is 1. The molecule has 1 N–H and O–H groups in total. The van der Waals surface area contributed by atoms with Crippen molar-refractivity contribution in [1.82, 2.24) is 5.32 Å². The van der Waals surface area contributed by atoms with Gasteiger partial charge < -0.3 is 10.1 Å². The molecule has 2 aromatic carbocycles. The molecule has 0 bridgehead atoms. The van der Waals surface area contributed by atoms with Crippen LogP contribution in [-0.4, -0.2) is 24.5 Å². The molecule has 0 aliphatic carbocycles. The fraction of sp³-hybridized carbons (Fsp3) is 0.238. The molecule has 0 spiro atoms. The van der Waals surface area contributed by atoms with Gasteiger partial charge in [-0.1, -0.05) is 60.7 Å². The fourth-order valence-electron chi connectivity index (χ4n) is 2.42. The topological polar surface area (TPSA) is 55.4 Å². The molecule has 0 aromatic heterocycles. The van der Waals surface area contributed by atoms with Gasteiger partial charge in [0, 0.05) is 11.6 Å². The number of rotatable bonds is 7. The highest BCUT2D eigenvalue weighted by Gasteiger charge is 2.19. The fourth-order valence-corrected chi connectivity index (χ4v) is 2.42. The summed E-state index contributed by atoms with van der Waals surface area (Å²) in [7, 11) is 0. The molecule has 0 radical (unpaired) electrons. The SMILES string of the molecule is CCOC(=O)[C@@H](/C=C/[C@@H](C)NC(=O)c1ccccc1)c1ccccc1. The van der Waals surface area contributed by atoms with Gasteiger partial charge in [-0.3, -0.25) is 9.59 Å². The summed E-state index contributed by atoms with van der Waals surface area (Å²) < 4.78 is 5.16. The zero-order chi connectivity index (χ0) is 18.1. The molecule has 0 heterocycles. The third kappa shape index (κ3) is 5.60. The highest BCUT2D eigenvalue weighted by Crippen LogP contribution is 2.19. The summed E-state index contributed by atoms with van der Waals surface area (Å²) in [5, 5.41) is 2.90. The van der Waals surface area contributed by atoms with Crippen LogP contribution >= 0.6 is 0 Å². The average Bonchev–Trinajstić information content (AvgIpc) is 2.63. The van der Waals surface area contributed by atoms with Gasteiger partial charge in [0.05, 0.1) is 12.5 Å². The lowest BCUT2D eigenvalue weighted by atomic mass is 9.98. The Bertz CT molecular complexity index is 710. The van der Waals surface area contributed by atoms with Gasteiger partial charge in [-0.2, -0.15) is 0 Å². The van der Waals surface area contributed by atoms with Gasteiger partial charge in [-0.15, -0.1) is 0 Å². The molecule has 0 saturated carbocycles. The van der Waals surface area contributed by atoms with E-state index in [-0.39, 0.29) is 17.9 Å². The maximum atomic E-state index is 12.2. The largest absolute Gasteiger partial charge is 0.465 e. The van der Waals surface area contributed by atoms with E-state index in [9.17, 15) is 9.59 Å². The lowest BCUT2D eigenvalue weighted by molar-refractivity contribution is -0.143. The second-order valence-corrected chi connectivity index (χ2v) is 5.65. The molecule has 4 heteroatoms. The van der Waals surface area contributed by atoms with Crippen molar-refractivity contribution in [3.63, 3.8) is 0 Å². The van der Waals surface area contributed by atoms with E-state index >= 15 is 0 Å². The van der Waals surface area contributed by atoms with Crippen molar-refractivity contribution in [3.05, 3.63) is 83.9 Å². The van der Waals surface area contributed by atoms with Gasteiger partial charge in [-0.05, 0) is 31.5 Å². The molecular formula is C21H23NO3. The smallest absolute Gasteiger partial charge is 0.317 e. The van der Waals surface area contributed by atoms with Crippen LogP contribution in [0.25, 0.3) is 0 Å². The summed E-state index contributed by atoms with van der Waals surface area (Å²) in [6.07, 6.45) is 3.60. The monoisotopic (exact) mass is 337 g/mol. The number of benzene rings is 2. The van der Waals surface area contributed by atoms with E-state index < -0.39 is 5.92 Å². The van der Waals surface area contributed by atoms with Crippen molar-refractivity contribution >= 4 is 11.9 Å². The quantitative estimate of drug-likeness (QED) is 0.619. The molecular weight excluding hydrogens is 314 g/mol. The highest BCUT2D eigenvalue weighted by atomic mass is 16.5. The van der Waals surface area contributed by atoms with Crippen molar-refractivity contribution < 1.29 is 14.3 Å². The van der Waals surface area contributed by atoms with Crippen LogP contribution in [0.5, 0.6) is 0 Å². The van der Waals surface area contributed by atoms with Crippen LogP contribution in [0.4, 0.5) is 0 Å². The second kappa shape index (κ2) is 9.42. The molecule has 2 atom stereocenters. The normalized spacial score (nSPS) is 13.2. The third-order valence-corrected chi connectivity index (χ3v) is 3.69. The van der Waals surface area contributed by atoms with Crippen LogP contribution in [0.1, 0.15) is 35.7 Å². The van der Waals surface area contributed by atoms with E-state index in [1.54, 1.807) is 25.1 Å². The van der Waals surface area contributed by atoms with Crippen molar-refractivity contribution in [2.45, 2.75) is 25.8 Å². The Labute approximate surface area is 148 Å². The minimum atomic E-state index is -0.489. The van der Waals surface area contributed by atoms with Crippen LogP contribution in [0, 0.1) is 0 Å². The summed E-state index contributed by atoms with van der Waals surface area (Å²) in [5.41, 5.74) is 1.46. The molecule has 0 fully saturated rings. The predicted octanol–water partition coefficient (Wildman–Crippen LogP) is 3.71. The summed E-state index contributed by atoms with van der Waals surface area (Å²) in [5.74, 6) is -0.936. The summed E-state index contributed by atoms with van der Waals surface area (Å²) in [6, 6.07) is 18.3. The van der Waals surface area contributed by atoms with E-state index in [1.807, 2.05) is 61.5 Å². The van der Waals surface area contributed by atoms with Gasteiger partial charge in [0.25, 0.3) is 5.91 Å². The van der Waals surface area contributed by atoms with Crippen LogP contribution in [0.3, 0.4) is 0 Å². The molecule has 4 nitrogen and oxygen atoms in total. The molecule has 1 amide bonds. The van der Waals surface area contributed by atoms with Gasteiger partial charge in [0.2, 0.25) is 0 Å². The van der Waals surface area contributed by atoms with E-state index in [0.717, 1.165) is 5.56 Å². The maximum absolute atomic E-state index is 12.2. The Kier molecular flexibility index (Phi) is 6.96. The number of carbonyl (C=O) groups is 2. The molecule has 2 aromatic rings. The number of hydrogen-bond acceptors (Lipinski definition) is 3. The van der Waals surface area contributed by atoms with E-state index in [1.165, 1.54) is 0 Å².